The summed E-state index contributed by atoms with van der Waals surface area (Å²) in [5.74, 6) is 28.0. The second-order valence-corrected chi connectivity index (χ2v) is 47.1. The summed E-state index contributed by atoms with van der Waals surface area (Å²) < 4.78 is 0. The number of nitrogens with zero attached hydrogens (tertiary/aromatic N) is 2. The summed E-state index contributed by atoms with van der Waals surface area (Å²) in [6.07, 6.45) is 82.5. The average Bonchev–Trinajstić information content (AvgIpc) is 0.690. The maximum Gasteiger partial charge on any atom is 0.156 e. The Hall–Kier alpha value is -0.0151. The molecule has 0 aromatic rings. The lowest BCUT2D eigenvalue weighted by Gasteiger charge is -2.73. The summed E-state index contributed by atoms with van der Waals surface area (Å²) >= 11 is 0. The van der Waals surface area contributed by atoms with E-state index in [4.69, 9.17) is 0 Å². The summed E-state index contributed by atoms with van der Waals surface area (Å²) in [7, 11) is 0. The zero-order chi connectivity index (χ0) is 68.6. The molecule has 0 N–H and O–H groups in total. The first-order valence-electron chi connectivity index (χ1n) is 48.5. The Balaban J connectivity index is 0.815. The van der Waals surface area contributed by atoms with Crippen LogP contribution in [0.25, 0.3) is 0 Å². The first kappa shape index (κ1) is 72.5. The summed E-state index contributed by atoms with van der Waals surface area (Å²) in [4.78, 5) is 8.01. The van der Waals surface area contributed by atoms with Crippen LogP contribution < -0.4 is 0 Å². The van der Waals surface area contributed by atoms with Crippen molar-refractivity contribution in [3.05, 3.63) is 0 Å². The molecule has 0 aromatic carbocycles. The molecular formula is C98H165BN2. The van der Waals surface area contributed by atoms with Gasteiger partial charge in [0.1, 0.15) is 0 Å². The van der Waals surface area contributed by atoms with E-state index in [0.29, 0.717) is 16.2 Å². The fraction of sp³-hybridized carbons (Fsp3) is 1.00. The van der Waals surface area contributed by atoms with Crippen LogP contribution in [0.2, 0.25) is 17.5 Å². The van der Waals surface area contributed by atoms with Crippen molar-refractivity contribution in [1.82, 2.24) is 9.80 Å². The van der Waals surface area contributed by atoms with Gasteiger partial charge in [0.15, 0.2) is 6.71 Å². The number of fused-ring (bicyclic) bond motifs is 6. The molecule has 0 bridgehead atoms. The lowest BCUT2D eigenvalue weighted by molar-refractivity contribution is -0.157. The van der Waals surface area contributed by atoms with E-state index in [9.17, 15) is 0 Å². The normalized spacial score (nSPS) is 49.2. The maximum absolute atomic E-state index is 4.05. The largest absolute Gasteiger partial charge is 0.295 e. The van der Waals surface area contributed by atoms with E-state index in [-0.39, 0.29) is 0 Å². The van der Waals surface area contributed by atoms with Crippen molar-refractivity contribution in [1.29, 1.82) is 0 Å². The molecule has 2 aliphatic heterocycles. The highest BCUT2D eigenvalue weighted by Crippen LogP contribution is 2.71. The van der Waals surface area contributed by atoms with E-state index in [0.717, 1.165) is 208 Å². The quantitative estimate of drug-likeness (QED) is 0.212. The highest BCUT2D eigenvalue weighted by atomic mass is 15.3. The van der Waals surface area contributed by atoms with Gasteiger partial charge in [0.25, 0.3) is 0 Å². The molecule has 0 spiro atoms. The highest BCUT2D eigenvalue weighted by molar-refractivity contribution is 6.65. The minimum atomic E-state index is 0.403. The molecular weight excluding hydrogens is 1220 g/mol. The third-order valence-electron chi connectivity index (χ3n) is 40.2. The molecule has 2 saturated heterocycles. The van der Waals surface area contributed by atoms with Crippen LogP contribution in [0.1, 0.15) is 396 Å². The molecule has 0 radical (unpaired) electrons. The molecule has 2 heterocycles. The fourth-order valence-electron chi connectivity index (χ4n) is 35.9. The van der Waals surface area contributed by atoms with Gasteiger partial charge in [-0.1, -0.05) is 281 Å². The molecule has 3 heteroatoms. The molecule has 2 nitrogen and oxygen atoms in total. The average molecular weight is 1380 g/mol. The second kappa shape index (κ2) is 29.9. The molecule has 23 atom stereocenters. The molecule has 16 saturated carbocycles. The predicted octanol–water partition coefficient (Wildman–Crippen LogP) is 27.5. The first-order valence-corrected chi connectivity index (χ1v) is 48.5. The molecule has 0 amide bonds. The summed E-state index contributed by atoms with van der Waals surface area (Å²) in [6.45, 7) is 25.5. The highest BCUT2D eigenvalue weighted by Gasteiger charge is 2.70. The van der Waals surface area contributed by atoms with Crippen LogP contribution in [0.3, 0.4) is 0 Å². The van der Waals surface area contributed by atoms with E-state index in [1.807, 2.05) is 0 Å². The van der Waals surface area contributed by atoms with Crippen molar-refractivity contribution in [3.63, 3.8) is 0 Å². The Morgan fingerprint density at radius 2 is 0.564 bits per heavy atom. The zero-order valence-electron chi connectivity index (χ0n) is 68.4. The van der Waals surface area contributed by atoms with Crippen LogP contribution in [-0.2, 0) is 0 Å². The van der Waals surface area contributed by atoms with Crippen LogP contribution in [0.5, 0.6) is 0 Å². The van der Waals surface area contributed by atoms with Gasteiger partial charge in [0.2, 0.25) is 0 Å². The van der Waals surface area contributed by atoms with Crippen LogP contribution >= 0.6 is 0 Å². The van der Waals surface area contributed by atoms with Gasteiger partial charge in [-0.3, -0.25) is 9.80 Å². The van der Waals surface area contributed by atoms with Gasteiger partial charge in [-0.2, -0.15) is 0 Å². The van der Waals surface area contributed by atoms with E-state index < -0.39 is 0 Å². The number of hydrogen-bond acceptors (Lipinski definition) is 2. The van der Waals surface area contributed by atoms with E-state index in [1.165, 1.54) is 44.9 Å². The van der Waals surface area contributed by atoms with Crippen LogP contribution in [0.15, 0.2) is 0 Å². The molecule has 18 rings (SSSR count). The molecule has 18 fully saturated rings. The standard InChI is InChI=1S/C98H165BN2/c1-96(2,3)74-48-44-63(45-49-74)73-56-89-93-90(57-73)101(95-82(66-34-21-13-22-35-66)60-76(98(7,8)9)61-83(95)67-36-23-14-24-37-67)88-55-70(72-52-71-40-27-42-78-77-41-25-38-68-39-26-43-79(91(68)77)84(53-72)92(71)78)46-50-85(88)99(93)86-54-69(62-28-15-10-16-29-62)47-51-87(86)100(89)94-80(64-30-17-11-18-31-64)58-75(97(4,5)6)59-81(94)65-32-19-12-20-33-65/h62-95H,10-61H2,1-9H3. The minimum Gasteiger partial charge on any atom is -0.295 e. The van der Waals surface area contributed by atoms with Crippen molar-refractivity contribution in [2.45, 2.75) is 450 Å². The molecule has 570 valence electrons. The van der Waals surface area contributed by atoms with Crippen molar-refractivity contribution in [3.8, 4) is 0 Å². The van der Waals surface area contributed by atoms with Gasteiger partial charge in [0, 0.05) is 36.3 Å². The Bertz CT molecular complexity index is 2610. The molecule has 23 unspecified atom stereocenters. The molecule has 18 aliphatic rings. The third kappa shape index (κ3) is 13.8. The van der Waals surface area contributed by atoms with Gasteiger partial charge >= 0.3 is 0 Å². The topological polar surface area (TPSA) is 6.48 Å². The van der Waals surface area contributed by atoms with Crippen molar-refractivity contribution in [2.24, 2.45) is 164 Å². The maximum atomic E-state index is 4.05. The first-order chi connectivity index (χ1) is 49.0. The minimum absolute atomic E-state index is 0.403. The smallest absolute Gasteiger partial charge is 0.156 e. The fourth-order valence-corrected chi connectivity index (χ4v) is 35.9. The Labute approximate surface area is 626 Å². The van der Waals surface area contributed by atoms with E-state index in [1.54, 1.807) is 289 Å². The summed E-state index contributed by atoms with van der Waals surface area (Å²) in [5, 5.41) is 0. The SMILES string of the molecule is CC(C)(C)C1CCC(C2CC3C4B(C5CC(C6CCCCC6)CCC5N3C3C(C5CCCCC5)CC(C(C)(C)C)CC3C3CCCCC3)C3CCC(C5CC6CCCC7C8CCCC9CCCC(C(C5)C67)C98)CC3N(C3C(C5CCCCC5)CC(C(C)(C)C)CC3C3CCCCC3)C4C2)CC1. The Kier molecular flexibility index (Phi) is 21.5. The number of hydrogen-bond donors (Lipinski definition) is 0. The monoisotopic (exact) mass is 1380 g/mol. The molecule has 16 aliphatic carbocycles. The molecule has 101 heavy (non-hydrogen) atoms. The lowest BCUT2D eigenvalue weighted by atomic mass is 9.18. The van der Waals surface area contributed by atoms with Gasteiger partial charge < -0.3 is 0 Å². The van der Waals surface area contributed by atoms with Crippen LogP contribution in [0.4, 0.5) is 0 Å². The predicted molar refractivity (Wildman–Crippen MR) is 429 cm³/mol. The van der Waals surface area contributed by atoms with Gasteiger partial charge in [0.05, 0.1) is 0 Å². The van der Waals surface area contributed by atoms with Crippen molar-refractivity contribution in [2.75, 3.05) is 0 Å². The van der Waals surface area contributed by atoms with Crippen LogP contribution in [-0.4, -0.2) is 52.8 Å². The number of rotatable bonds is 9. The summed E-state index contributed by atoms with van der Waals surface area (Å²) in [6, 6.07) is 5.10. The molecule has 0 aromatic heterocycles. The van der Waals surface area contributed by atoms with Crippen molar-refractivity contribution < 1.29 is 0 Å². The third-order valence-corrected chi connectivity index (χ3v) is 40.2. The van der Waals surface area contributed by atoms with E-state index >= 15 is 0 Å². The Morgan fingerprint density at radius 3 is 1.03 bits per heavy atom. The zero-order valence-corrected chi connectivity index (χ0v) is 68.4. The second-order valence-electron chi connectivity index (χ2n) is 47.1. The lowest BCUT2D eigenvalue weighted by Crippen LogP contribution is -2.77. The Morgan fingerprint density at radius 1 is 0.208 bits per heavy atom. The van der Waals surface area contributed by atoms with Gasteiger partial charge in [-0.15, -0.1) is 0 Å². The van der Waals surface area contributed by atoms with E-state index in [2.05, 4.69) is 72.1 Å². The van der Waals surface area contributed by atoms with Gasteiger partial charge in [-0.05, 0) is 297 Å². The van der Waals surface area contributed by atoms with Gasteiger partial charge in [-0.25, -0.2) is 0 Å². The summed E-state index contributed by atoms with van der Waals surface area (Å²) in [5.41, 5.74) is 1.26. The van der Waals surface area contributed by atoms with Crippen molar-refractivity contribution >= 4 is 6.71 Å². The van der Waals surface area contributed by atoms with Crippen LogP contribution in [0, 0.1) is 164 Å².